The summed E-state index contributed by atoms with van der Waals surface area (Å²) in [5, 5.41) is 4.39. The summed E-state index contributed by atoms with van der Waals surface area (Å²) in [4.78, 5) is 2.43. The van der Waals surface area contributed by atoms with Crippen LogP contribution in [0.4, 0.5) is 5.69 Å². The average Bonchev–Trinajstić information content (AvgIpc) is 2.31. The van der Waals surface area contributed by atoms with E-state index in [0.717, 1.165) is 21.7 Å². The highest BCUT2D eigenvalue weighted by Gasteiger charge is 2.28. The minimum Gasteiger partial charge on any atom is -0.382 e. The first kappa shape index (κ1) is 14.2. The third-order valence-electron chi connectivity index (χ3n) is 3.88. The van der Waals surface area contributed by atoms with Crippen LogP contribution >= 0.6 is 27.5 Å². The van der Waals surface area contributed by atoms with Crippen LogP contribution in [0.2, 0.25) is 5.02 Å². The third kappa shape index (κ3) is 3.19. The number of benzene rings is 1. The molecule has 3 unspecified atom stereocenters. The average molecular weight is 332 g/mol. The van der Waals surface area contributed by atoms with Gasteiger partial charge in [-0.1, -0.05) is 18.5 Å². The van der Waals surface area contributed by atoms with Gasteiger partial charge in [0.15, 0.2) is 0 Å². The zero-order valence-corrected chi connectivity index (χ0v) is 13.4. The number of likely N-dealkylation sites (tertiary alicyclic amines) is 1. The molecule has 0 aromatic heterocycles. The first-order valence-corrected chi connectivity index (χ1v) is 7.56. The van der Waals surface area contributed by atoms with E-state index in [1.807, 2.05) is 12.1 Å². The van der Waals surface area contributed by atoms with E-state index in [9.17, 15) is 0 Å². The predicted octanol–water partition coefficient (Wildman–Crippen LogP) is 4.24. The molecule has 0 amide bonds. The maximum Gasteiger partial charge on any atom is 0.0549 e. The van der Waals surface area contributed by atoms with Crippen molar-refractivity contribution in [2.45, 2.75) is 32.4 Å². The van der Waals surface area contributed by atoms with Crippen LogP contribution in [0.3, 0.4) is 0 Å². The van der Waals surface area contributed by atoms with Gasteiger partial charge in [-0.25, -0.2) is 0 Å². The van der Waals surface area contributed by atoms with E-state index < -0.39 is 0 Å². The molecule has 1 N–H and O–H groups in total. The van der Waals surface area contributed by atoms with Gasteiger partial charge in [0.05, 0.1) is 5.02 Å². The lowest BCUT2D eigenvalue weighted by molar-refractivity contribution is 0.145. The molecule has 0 radical (unpaired) electrons. The van der Waals surface area contributed by atoms with Crippen molar-refractivity contribution in [3.05, 3.63) is 27.7 Å². The van der Waals surface area contributed by atoms with Gasteiger partial charge >= 0.3 is 0 Å². The number of nitrogens with one attached hydrogen (secondary N) is 1. The summed E-state index contributed by atoms with van der Waals surface area (Å²) in [6.45, 7) is 5.75. The largest absolute Gasteiger partial charge is 0.382 e. The number of rotatable bonds is 2. The minimum atomic E-state index is 0.532. The fraction of sp³-hybridized carbons (Fsp3) is 0.571. The third-order valence-corrected chi connectivity index (χ3v) is 5.10. The Bertz CT molecular complexity index is 424. The maximum absolute atomic E-state index is 6.01. The second-order valence-corrected chi connectivity index (χ2v) is 6.64. The van der Waals surface area contributed by atoms with Crippen LogP contribution in [0, 0.1) is 5.92 Å². The highest BCUT2D eigenvalue weighted by molar-refractivity contribution is 9.10. The van der Waals surface area contributed by atoms with Crippen molar-refractivity contribution >= 4 is 33.2 Å². The lowest BCUT2D eigenvalue weighted by Gasteiger charge is -2.40. The summed E-state index contributed by atoms with van der Waals surface area (Å²) in [5.74, 6) is 0.653. The molecule has 1 aliphatic heterocycles. The van der Waals surface area contributed by atoms with E-state index in [2.05, 4.69) is 53.1 Å². The summed E-state index contributed by atoms with van der Waals surface area (Å²) in [5.41, 5.74) is 1.14. The number of anilines is 1. The van der Waals surface area contributed by atoms with Crippen molar-refractivity contribution in [2.75, 3.05) is 18.9 Å². The highest BCUT2D eigenvalue weighted by Crippen LogP contribution is 2.28. The number of nitrogens with zero attached hydrogens (tertiary/aromatic N) is 1. The number of piperidine rings is 1. The molecule has 1 saturated heterocycles. The fourth-order valence-corrected chi connectivity index (χ4v) is 3.04. The van der Waals surface area contributed by atoms with Gasteiger partial charge in [-0.15, -0.1) is 0 Å². The van der Waals surface area contributed by atoms with Gasteiger partial charge in [0.2, 0.25) is 0 Å². The van der Waals surface area contributed by atoms with Crippen LogP contribution in [0.5, 0.6) is 0 Å². The summed E-state index contributed by atoms with van der Waals surface area (Å²) in [6.07, 6.45) is 1.18. The molecule has 1 fully saturated rings. The second-order valence-electron chi connectivity index (χ2n) is 5.38. The van der Waals surface area contributed by atoms with Gasteiger partial charge in [-0.05, 0) is 60.4 Å². The molecule has 0 aliphatic carbocycles. The van der Waals surface area contributed by atoms with Crippen molar-refractivity contribution in [2.24, 2.45) is 5.92 Å². The Morgan fingerprint density at radius 3 is 2.78 bits per heavy atom. The summed E-state index contributed by atoms with van der Waals surface area (Å²) in [7, 11) is 2.20. The molecule has 100 valence electrons. The second kappa shape index (κ2) is 5.81. The van der Waals surface area contributed by atoms with Crippen molar-refractivity contribution in [1.82, 2.24) is 4.90 Å². The SMILES string of the molecule is CC1CN(C)C(C)CC1Nc1ccc(Cl)c(Br)c1. The topological polar surface area (TPSA) is 15.3 Å². The molecule has 0 bridgehead atoms. The van der Waals surface area contributed by atoms with E-state index in [1.165, 1.54) is 6.42 Å². The molecule has 1 aliphatic rings. The number of hydrogen-bond acceptors (Lipinski definition) is 2. The first-order valence-electron chi connectivity index (χ1n) is 6.39. The van der Waals surface area contributed by atoms with Crippen LogP contribution in [-0.4, -0.2) is 30.6 Å². The Kier molecular flexibility index (Phi) is 4.57. The van der Waals surface area contributed by atoms with Crippen molar-refractivity contribution < 1.29 is 0 Å². The summed E-state index contributed by atoms with van der Waals surface area (Å²) >= 11 is 9.48. The van der Waals surface area contributed by atoms with E-state index in [4.69, 9.17) is 11.6 Å². The molecule has 1 aromatic carbocycles. The molecule has 3 atom stereocenters. The summed E-state index contributed by atoms with van der Waals surface area (Å²) < 4.78 is 0.947. The Labute approximate surface area is 123 Å². The van der Waals surface area contributed by atoms with Crippen LogP contribution in [0.15, 0.2) is 22.7 Å². The Hall–Kier alpha value is -0.250. The molecule has 0 saturated carbocycles. The van der Waals surface area contributed by atoms with Crippen molar-refractivity contribution in [1.29, 1.82) is 0 Å². The highest BCUT2D eigenvalue weighted by atomic mass is 79.9. The van der Waals surface area contributed by atoms with Gasteiger partial charge in [-0.2, -0.15) is 0 Å². The van der Waals surface area contributed by atoms with Gasteiger partial charge in [0, 0.05) is 28.8 Å². The molecule has 18 heavy (non-hydrogen) atoms. The molecular weight excluding hydrogens is 312 g/mol. The molecular formula is C14H20BrClN2. The zero-order valence-electron chi connectivity index (χ0n) is 11.1. The lowest BCUT2D eigenvalue weighted by Crippen LogP contribution is -2.48. The Balaban J connectivity index is 2.06. The van der Waals surface area contributed by atoms with E-state index >= 15 is 0 Å². The van der Waals surface area contributed by atoms with Gasteiger partial charge in [0.1, 0.15) is 0 Å². The maximum atomic E-state index is 6.01. The van der Waals surface area contributed by atoms with Crippen LogP contribution in [0.25, 0.3) is 0 Å². The minimum absolute atomic E-state index is 0.532. The van der Waals surface area contributed by atoms with Crippen LogP contribution < -0.4 is 5.32 Å². The van der Waals surface area contributed by atoms with Gasteiger partial charge in [0.25, 0.3) is 0 Å². The molecule has 1 aromatic rings. The first-order chi connectivity index (χ1) is 8.47. The number of hydrogen-bond donors (Lipinski definition) is 1. The van der Waals surface area contributed by atoms with Crippen molar-refractivity contribution in [3.8, 4) is 0 Å². The standard InChI is InChI=1S/C14H20BrClN2/c1-9-8-18(3)10(2)6-14(9)17-11-4-5-13(16)12(15)7-11/h4-5,7,9-10,14,17H,6,8H2,1-3H3. The van der Waals surface area contributed by atoms with Gasteiger partial charge < -0.3 is 10.2 Å². The Morgan fingerprint density at radius 1 is 1.39 bits per heavy atom. The molecule has 1 heterocycles. The lowest BCUT2D eigenvalue weighted by atomic mass is 9.89. The fourth-order valence-electron chi connectivity index (χ4n) is 2.54. The molecule has 0 spiro atoms. The quantitative estimate of drug-likeness (QED) is 0.872. The smallest absolute Gasteiger partial charge is 0.0549 e. The molecule has 4 heteroatoms. The van der Waals surface area contributed by atoms with E-state index in [-0.39, 0.29) is 0 Å². The van der Waals surface area contributed by atoms with E-state index in [1.54, 1.807) is 0 Å². The monoisotopic (exact) mass is 330 g/mol. The molecule has 2 rings (SSSR count). The van der Waals surface area contributed by atoms with Crippen LogP contribution in [-0.2, 0) is 0 Å². The predicted molar refractivity (Wildman–Crippen MR) is 82.4 cm³/mol. The van der Waals surface area contributed by atoms with Crippen molar-refractivity contribution in [3.63, 3.8) is 0 Å². The Morgan fingerprint density at radius 2 is 2.11 bits per heavy atom. The van der Waals surface area contributed by atoms with Gasteiger partial charge in [-0.3, -0.25) is 0 Å². The summed E-state index contributed by atoms with van der Waals surface area (Å²) in [6, 6.07) is 7.19. The van der Waals surface area contributed by atoms with E-state index in [0.29, 0.717) is 18.0 Å². The normalized spacial score (nSPS) is 29.3. The zero-order chi connectivity index (χ0) is 13.3. The molecule has 2 nitrogen and oxygen atoms in total. The number of halogens is 2. The van der Waals surface area contributed by atoms with Crippen LogP contribution in [0.1, 0.15) is 20.3 Å².